The molecule has 0 aliphatic heterocycles. The Kier molecular flexibility index (Phi) is 5.43. The number of hydrogen-bond acceptors (Lipinski definition) is 2. The standard InChI is InChI=1S/C18H22BrNO/c1-5-21-16-8-6-7-14(11-16)18(20-4)15-9-12(2)17(19)13(3)10-15/h6-11,18,20H,5H2,1-4H3. The minimum atomic E-state index is 0.163. The van der Waals surface area contributed by atoms with Crippen LogP contribution in [0.2, 0.25) is 0 Å². The summed E-state index contributed by atoms with van der Waals surface area (Å²) >= 11 is 3.63. The fraction of sp³-hybridized carbons (Fsp3) is 0.333. The third kappa shape index (κ3) is 3.66. The summed E-state index contributed by atoms with van der Waals surface area (Å²) in [5.41, 5.74) is 4.99. The highest BCUT2D eigenvalue weighted by Gasteiger charge is 2.14. The molecule has 0 fully saturated rings. The van der Waals surface area contributed by atoms with E-state index >= 15 is 0 Å². The zero-order valence-corrected chi connectivity index (χ0v) is 14.6. The molecule has 0 saturated carbocycles. The van der Waals surface area contributed by atoms with E-state index in [0.29, 0.717) is 6.61 Å². The van der Waals surface area contributed by atoms with Crippen LogP contribution in [0.4, 0.5) is 0 Å². The summed E-state index contributed by atoms with van der Waals surface area (Å²) in [7, 11) is 1.99. The van der Waals surface area contributed by atoms with Crippen LogP contribution in [0.15, 0.2) is 40.9 Å². The largest absolute Gasteiger partial charge is 0.494 e. The summed E-state index contributed by atoms with van der Waals surface area (Å²) < 4.78 is 6.79. The Morgan fingerprint density at radius 1 is 1.10 bits per heavy atom. The Morgan fingerprint density at radius 2 is 1.76 bits per heavy atom. The minimum absolute atomic E-state index is 0.163. The molecule has 3 heteroatoms. The van der Waals surface area contributed by atoms with E-state index in [9.17, 15) is 0 Å². The van der Waals surface area contributed by atoms with Crippen molar-refractivity contribution in [2.75, 3.05) is 13.7 Å². The van der Waals surface area contributed by atoms with Crippen LogP contribution in [0.5, 0.6) is 5.75 Å². The molecule has 0 heterocycles. The first-order chi connectivity index (χ1) is 10.1. The molecule has 1 atom stereocenters. The molecule has 1 unspecified atom stereocenters. The lowest BCUT2D eigenvalue weighted by molar-refractivity contribution is 0.339. The summed E-state index contributed by atoms with van der Waals surface area (Å²) in [5, 5.41) is 3.41. The van der Waals surface area contributed by atoms with Gasteiger partial charge in [0.05, 0.1) is 12.6 Å². The van der Waals surface area contributed by atoms with Gasteiger partial charge in [0.25, 0.3) is 0 Å². The van der Waals surface area contributed by atoms with Crippen molar-refractivity contribution in [3.63, 3.8) is 0 Å². The Labute approximate surface area is 135 Å². The van der Waals surface area contributed by atoms with Gasteiger partial charge in [-0.15, -0.1) is 0 Å². The van der Waals surface area contributed by atoms with E-state index < -0.39 is 0 Å². The maximum atomic E-state index is 5.61. The van der Waals surface area contributed by atoms with E-state index in [1.54, 1.807) is 0 Å². The fourth-order valence-corrected chi connectivity index (χ4v) is 2.85. The van der Waals surface area contributed by atoms with Crippen LogP contribution in [0.3, 0.4) is 0 Å². The van der Waals surface area contributed by atoms with Gasteiger partial charge in [-0.1, -0.05) is 40.2 Å². The molecule has 0 amide bonds. The van der Waals surface area contributed by atoms with Crippen molar-refractivity contribution in [3.05, 3.63) is 63.1 Å². The molecule has 0 saturated heterocycles. The van der Waals surface area contributed by atoms with Crippen LogP contribution in [0.25, 0.3) is 0 Å². The van der Waals surface area contributed by atoms with E-state index in [-0.39, 0.29) is 6.04 Å². The summed E-state index contributed by atoms with van der Waals surface area (Å²) in [6.07, 6.45) is 0. The lowest BCUT2D eigenvalue weighted by Crippen LogP contribution is -2.18. The van der Waals surface area contributed by atoms with Crippen molar-refractivity contribution in [1.29, 1.82) is 0 Å². The van der Waals surface area contributed by atoms with Gasteiger partial charge in [0.15, 0.2) is 0 Å². The summed E-state index contributed by atoms with van der Waals surface area (Å²) in [6, 6.07) is 12.9. The molecule has 0 radical (unpaired) electrons. The molecule has 1 N–H and O–H groups in total. The van der Waals surface area contributed by atoms with Gasteiger partial charge >= 0.3 is 0 Å². The van der Waals surface area contributed by atoms with E-state index in [2.05, 4.69) is 59.4 Å². The number of halogens is 1. The predicted molar refractivity (Wildman–Crippen MR) is 92.1 cm³/mol. The van der Waals surface area contributed by atoms with Gasteiger partial charge < -0.3 is 10.1 Å². The van der Waals surface area contributed by atoms with Crippen molar-refractivity contribution in [2.24, 2.45) is 0 Å². The number of hydrogen-bond donors (Lipinski definition) is 1. The number of ether oxygens (including phenoxy) is 1. The Balaban J connectivity index is 2.42. The Morgan fingerprint density at radius 3 is 2.33 bits per heavy atom. The molecule has 2 rings (SSSR count). The van der Waals surface area contributed by atoms with Crippen molar-refractivity contribution in [2.45, 2.75) is 26.8 Å². The molecule has 2 nitrogen and oxygen atoms in total. The van der Waals surface area contributed by atoms with Gasteiger partial charge in [-0.25, -0.2) is 0 Å². The molecule has 0 spiro atoms. The van der Waals surface area contributed by atoms with Gasteiger partial charge in [0.1, 0.15) is 5.75 Å². The second kappa shape index (κ2) is 7.10. The lowest BCUT2D eigenvalue weighted by Gasteiger charge is -2.20. The van der Waals surface area contributed by atoms with E-state index in [0.717, 1.165) is 5.75 Å². The van der Waals surface area contributed by atoms with E-state index in [1.165, 1.54) is 26.7 Å². The van der Waals surface area contributed by atoms with Gasteiger partial charge in [-0.3, -0.25) is 0 Å². The van der Waals surface area contributed by atoms with Gasteiger partial charge in [0, 0.05) is 4.47 Å². The molecule has 112 valence electrons. The summed E-state index contributed by atoms with van der Waals surface area (Å²) in [4.78, 5) is 0. The Bertz CT molecular complexity index is 601. The lowest BCUT2D eigenvalue weighted by atomic mass is 9.95. The molecule has 0 aromatic heterocycles. The average Bonchev–Trinajstić information content (AvgIpc) is 2.46. The average molecular weight is 348 g/mol. The molecule has 0 bridgehead atoms. The highest BCUT2D eigenvalue weighted by molar-refractivity contribution is 9.10. The number of aryl methyl sites for hydroxylation is 2. The maximum absolute atomic E-state index is 5.61. The molecule has 0 aliphatic rings. The monoisotopic (exact) mass is 347 g/mol. The number of nitrogens with one attached hydrogen (secondary N) is 1. The molecule has 21 heavy (non-hydrogen) atoms. The molecular weight excluding hydrogens is 326 g/mol. The third-order valence-electron chi connectivity index (χ3n) is 3.58. The first kappa shape index (κ1) is 16.1. The van der Waals surface area contributed by atoms with Crippen LogP contribution >= 0.6 is 15.9 Å². The van der Waals surface area contributed by atoms with Crippen molar-refractivity contribution < 1.29 is 4.74 Å². The molecule has 2 aromatic rings. The van der Waals surface area contributed by atoms with Gasteiger partial charge in [0.2, 0.25) is 0 Å². The fourth-order valence-electron chi connectivity index (χ4n) is 2.62. The smallest absolute Gasteiger partial charge is 0.119 e. The zero-order valence-electron chi connectivity index (χ0n) is 13.0. The summed E-state index contributed by atoms with van der Waals surface area (Å²) in [6.45, 7) is 6.95. The highest BCUT2D eigenvalue weighted by Crippen LogP contribution is 2.30. The van der Waals surface area contributed by atoms with Crippen molar-refractivity contribution in [1.82, 2.24) is 5.32 Å². The zero-order chi connectivity index (χ0) is 15.4. The summed E-state index contributed by atoms with van der Waals surface area (Å²) in [5.74, 6) is 0.917. The number of rotatable bonds is 5. The van der Waals surface area contributed by atoms with Crippen LogP contribution in [-0.4, -0.2) is 13.7 Å². The van der Waals surface area contributed by atoms with Crippen molar-refractivity contribution in [3.8, 4) is 5.75 Å². The van der Waals surface area contributed by atoms with Crippen molar-refractivity contribution >= 4 is 15.9 Å². The van der Waals surface area contributed by atoms with Gasteiger partial charge in [-0.05, 0) is 62.2 Å². The molecule has 2 aromatic carbocycles. The molecule has 0 aliphatic carbocycles. The van der Waals surface area contributed by atoms with Crippen LogP contribution in [0.1, 0.15) is 35.2 Å². The highest BCUT2D eigenvalue weighted by atomic mass is 79.9. The second-order valence-electron chi connectivity index (χ2n) is 5.20. The first-order valence-electron chi connectivity index (χ1n) is 7.23. The Hall–Kier alpha value is -1.32. The number of benzene rings is 2. The van der Waals surface area contributed by atoms with E-state index in [4.69, 9.17) is 4.74 Å². The third-order valence-corrected chi connectivity index (χ3v) is 4.83. The van der Waals surface area contributed by atoms with Crippen LogP contribution in [-0.2, 0) is 0 Å². The topological polar surface area (TPSA) is 21.3 Å². The second-order valence-corrected chi connectivity index (χ2v) is 5.99. The van der Waals surface area contributed by atoms with Gasteiger partial charge in [-0.2, -0.15) is 0 Å². The van der Waals surface area contributed by atoms with Crippen LogP contribution in [0, 0.1) is 13.8 Å². The van der Waals surface area contributed by atoms with E-state index in [1.807, 2.05) is 26.1 Å². The SMILES string of the molecule is CCOc1cccc(C(NC)c2cc(C)c(Br)c(C)c2)c1. The van der Waals surface area contributed by atoms with Crippen LogP contribution < -0.4 is 10.1 Å². The maximum Gasteiger partial charge on any atom is 0.119 e. The predicted octanol–water partition coefficient (Wildman–Crippen LogP) is 4.77. The normalized spacial score (nSPS) is 12.2. The first-order valence-corrected chi connectivity index (χ1v) is 8.02. The molecular formula is C18H22BrNO. The quantitative estimate of drug-likeness (QED) is 0.840. The minimum Gasteiger partial charge on any atom is -0.494 e.